The molecule has 0 radical (unpaired) electrons. The van der Waals surface area contributed by atoms with Crippen LogP contribution in [0.5, 0.6) is 0 Å². The first-order valence-corrected chi connectivity index (χ1v) is 8.41. The van der Waals surface area contributed by atoms with Gasteiger partial charge in [0.15, 0.2) is 5.78 Å². The molecule has 0 amide bonds. The molecule has 0 fully saturated rings. The number of hydrogen-bond donors (Lipinski definition) is 5. The van der Waals surface area contributed by atoms with E-state index in [0.717, 1.165) is 16.7 Å². The topological polar surface area (TPSA) is 118 Å². The number of hydrogen-bond acceptors (Lipinski definition) is 6. The lowest BCUT2D eigenvalue weighted by Gasteiger charge is -2.31. The van der Waals surface area contributed by atoms with E-state index in [1.54, 1.807) is 27.7 Å². The molecule has 0 aliphatic heterocycles. The Morgan fingerprint density at radius 2 is 1.15 bits per heavy atom. The molecule has 0 bridgehead atoms. The number of aliphatic hydroxyl groups is 2. The quantitative estimate of drug-likeness (QED) is 0.411. The van der Waals surface area contributed by atoms with E-state index in [9.17, 15) is 4.79 Å². The molecule has 0 saturated carbocycles. The van der Waals surface area contributed by atoms with Gasteiger partial charge in [0.2, 0.25) is 0 Å². The van der Waals surface area contributed by atoms with Crippen LogP contribution in [-0.2, 0) is 0 Å². The molecule has 2 rings (SSSR count). The molecule has 0 saturated heterocycles. The van der Waals surface area contributed by atoms with Crippen molar-refractivity contribution in [1.82, 2.24) is 0 Å². The molecule has 2 aromatic rings. The maximum Gasteiger partial charge on any atom is 0.631 e. The monoisotopic (exact) mass is 376 g/mol. The molecule has 2 aromatic carbocycles. The van der Waals surface area contributed by atoms with Crippen molar-refractivity contribution in [2.45, 2.75) is 45.8 Å². The molecule has 5 N–H and O–H groups in total. The van der Waals surface area contributed by atoms with E-state index in [-0.39, 0.29) is 5.78 Å². The Kier molecular flexibility index (Phi) is 10.1. The summed E-state index contributed by atoms with van der Waals surface area (Å²) in [6.45, 7) is 8.26. The molecule has 6 nitrogen and oxygen atoms in total. The van der Waals surface area contributed by atoms with E-state index in [1.165, 1.54) is 0 Å². The van der Waals surface area contributed by atoms with Gasteiger partial charge in [-0.15, -0.1) is 0 Å². The van der Waals surface area contributed by atoms with Gasteiger partial charge in [0.1, 0.15) is 0 Å². The predicted molar refractivity (Wildman–Crippen MR) is 106 cm³/mol. The third-order valence-corrected chi connectivity index (χ3v) is 3.92. The van der Waals surface area contributed by atoms with Gasteiger partial charge in [-0.05, 0) is 40.2 Å². The second-order valence-corrected chi connectivity index (χ2v) is 6.97. The van der Waals surface area contributed by atoms with Crippen LogP contribution in [0.2, 0.25) is 0 Å². The van der Waals surface area contributed by atoms with Gasteiger partial charge in [0, 0.05) is 11.1 Å². The van der Waals surface area contributed by atoms with Crippen molar-refractivity contribution < 1.29 is 30.1 Å². The normalized spacial score (nSPS) is 10.7. The first-order valence-electron chi connectivity index (χ1n) is 8.41. The highest BCUT2D eigenvalue weighted by atomic mass is 16.5. The summed E-state index contributed by atoms with van der Waals surface area (Å²) < 4.78 is 0. The van der Waals surface area contributed by atoms with E-state index in [0.29, 0.717) is 0 Å². The Morgan fingerprint density at radius 1 is 0.778 bits per heavy atom. The summed E-state index contributed by atoms with van der Waals surface area (Å²) in [5, 5.41) is 39.7. The minimum atomic E-state index is -2.17. The van der Waals surface area contributed by atoms with Gasteiger partial charge in [0.05, 0.1) is 11.2 Å². The maximum atomic E-state index is 12.1. The van der Waals surface area contributed by atoms with Gasteiger partial charge in [-0.2, -0.15) is 0 Å². The molecule has 0 unspecified atom stereocenters. The Labute approximate surface area is 160 Å². The highest BCUT2D eigenvalue weighted by Crippen LogP contribution is 2.19. The molecule has 0 atom stereocenters. The van der Waals surface area contributed by atoms with Crippen LogP contribution in [0.25, 0.3) is 0 Å². The highest BCUT2D eigenvalue weighted by Gasteiger charge is 2.31. The summed E-state index contributed by atoms with van der Waals surface area (Å²) >= 11 is 0. The van der Waals surface area contributed by atoms with E-state index in [4.69, 9.17) is 25.3 Å². The molecular weight excluding hydrogens is 347 g/mol. The average Bonchev–Trinajstić information content (AvgIpc) is 2.54. The second kappa shape index (κ2) is 11.0. The summed E-state index contributed by atoms with van der Waals surface area (Å²) in [7, 11) is -2.17. The Bertz CT molecular complexity index is 673. The fraction of sp³-hybridized carbons (Fsp3) is 0.350. The molecule has 0 heterocycles. The largest absolute Gasteiger partial charge is 0.631 e. The predicted octanol–water partition coefficient (Wildman–Crippen LogP) is 1.70. The standard InChI is InChI=1S/C14H12O.C6H14O2.BH3O3/c1-11-7-5-6-10-13(11)14(15)12-8-3-2-4-9-12;1-5(2,7)6(3,4)8;2-1(3)4/h2-10H,1H3;7-8H,1-4H3;2-4H. The lowest BCUT2D eigenvalue weighted by Crippen LogP contribution is -2.44. The first kappa shape index (κ1) is 25.0. The van der Waals surface area contributed by atoms with Crippen LogP contribution in [0.4, 0.5) is 0 Å². The summed E-state index contributed by atoms with van der Waals surface area (Å²) in [4.78, 5) is 12.1. The van der Waals surface area contributed by atoms with Crippen LogP contribution in [0.3, 0.4) is 0 Å². The van der Waals surface area contributed by atoms with Crippen molar-refractivity contribution in [3.05, 3.63) is 71.3 Å². The Hall–Kier alpha value is -2.03. The van der Waals surface area contributed by atoms with Crippen molar-refractivity contribution in [2.75, 3.05) is 0 Å². The van der Waals surface area contributed by atoms with Gasteiger partial charge in [-0.25, -0.2) is 0 Å². The number of carbonyl (C=O) groups excluding carboxylic acids is 1. The summed E-state index contributed by atoms with van der Waals surface area (Å²) in [6.07, 6.45) is 0. The number of aryl methyl sites for hydroxylation is 1. The molecule has 0 aromatic heterocycles. The van der Waals surface area contributed by atoms with Crippen LogP contribution >= 0.6 is 0 Å². The first-order chi connectivity index (χ1) is 12.3. The summed E-state index contributed by atoms with van der Waals surface area (Å²) in [6, 6.07) is 17.0. The van der Waals surface area contributed by atoms with Crippen LogP contribution < -0.4 is 0 Å². The van der Waals surface area contributed by atoms with Crippen molar-refractivity contribution >= 4 is 13.1 Å². The maximum absolute atomic E-state index is 12.1. The zero-order valence-electron chi connectivity index (χ0n) is 16.4. The molecule has 27 heavy (non-hydrogen) atoms. The smallest absolute Gasteiger partial charge is 0.402 e. The third-order valence-electron chi connectivity index (χ3n) is 3.92. The lowest BCUT2D eigenvalue weighted by atomic mass is 9.90. The summed E-state index contributed by atoms with van der Waals surface area (Å²) in [5.41, 5.74) is 0.529. The molecule has 7 heteroatoms. The summed E-state index contributed by atoms with van der Waals surface area (Å²) in [5.74, 6) is 0.0914. The van der Waals surface area contributed by atoms with Crippen molar-refractivity contribution in [3.8, 4) is 0 Å². The van der Waals surface area contributed by atoms with Crippen LogP contribution in [0, 0.1) is 6.92 Å². The van der Waals surface area contributed by atoms with Crippen LogP contribution in [0.15, 0.2) is 54.6 Å². The van der Waals surface area contributed by atoms with E-state index >= 15 is 0 Å². The number of rotatable bonds is 3. The zero-order valence-corrected chi connectivity index (χ0v) is 16.4. The SMILES string of the molecule is CC(C)(O)C(C)(C)O.Cc1ccccc1C(=O)c1ccccc1.OB(O)O. The van der Waals surface area contributed by atoms with Gasteiger partial charge < -0.3 is 25.3 Å². The molecule has 148 valence electrons. The average molecular weight is 376 g/mol. The number of ketones is 1. The van der Waals surface area contributed by atoms with E-state index < -0.39 is 18.5 Å². The van der Waals surface area contributed by atoms with Gasteiger partial charge in [-0.3, -0.25) is 4.79 Å². The molecule has 0 aliphatic rings. The van der Waals surface area contributed by atoms with Gasteiger partial charge in [0.25, 0.3) is 0 Å². The third kappa shape index (κ3) is 10.0. The van der Waals surface area contributed by atoms with Crippen LogP contribution in [-0.4, -0.2) is 49.6 Å². The number of carbonyl (C=O) groups is 1. The van der Waals surface area contributed by atoms with Crippen molar-refractivity contribution in [1.29, 1.82) is 0 Å². The van der Waals surface area contributed by atoms with Crippen molar-refractivity contribution in [3.63, 3.8) is 0 Å². The van der Waals surface area contributed by atoms with Crippen molar-refractivity contribution in [2.24, 2.45) is 0 Å². The molecular formula is C20H29BO6. The minimum Gasteiger partial charge on any atom is -0.402 e. The fourth-order valence-electron chi connectivity index (χ4n) is 1.57. The van der Waals surface area contributed by atoms with E-state index in [2.05, 4.69) is 0 Å². The Balaban J connectivity index is 0.000000476. The lowest BCUT2D eigenvalue weighted by molar-refractivity contribution is -0.107. The van der Waals surface area contributed by atoms with Gasteiger partial charge >= 0.3 is 7.32 Å². The molecule has 0 spiro atoms. The van der Waals surface area contributed by atoms with Crippen LogP contribution in [0.1, 0.15) is 49.2 Å². The highest BCUT2D eigenvalue weighted by molar-refractivity contribution is 6.30. The fourth-order valence-corrected chi connectivity index (χ4v) is 1.57. The minimum absolute atomic E-state index is 0.0914. The zero-order chi connectivity index (χ0) is 21.3. The van der Waals surface area contributed by atoms with E-state index in [1.807, 2.05) is 61.5 Å². The second-order valence-electron chi connectivity index (χ2n) is 6.97. The van der Waals surface area contributed by atoms with Gasteiger partial charge in [-0.1, -0.05) is 54.6 Å². The number of benzene rings is 2. The Morgan fingerprint density at radius 3 is 1.52 bits per heavy atom. The molecule has 0 aliphatic carbocycles.